The fraction of sp³-hybridized carbons (Fsp3) is 0.0833. The zero-order valence-electron chi connectivity index (χ0n) is 9.64. The molecule has 6 heteroatoms. The highest BCUT2D eigenvalue weighted by Gasteiger charge is 2.05. The first-order valence-electron chi connectivity index (χ1n) is 5.29. The summed E-state index contributed by atoms with van der Waals surface area (Å²) < 4.78 is 33.7. The van der Waals surface area contributed by atoms with Gasteiger partial charge < -0.3 is 9.47 Å². The highest BCUT2D eigenvalue weighted by molar-refractivity contribution is 6.33. The molecule has 1 heterocycles. The number of rotatable bonds is 4. The minimum atomic E-state index is -2.82. The van der Waals surface area contributed by atoms with Gasteiger partial charge in [-0.25, -0.2) is 4.98 Å². The summed E-state index contributed by atoms with van der Waals surface area (Å²) in [5.41, 5.74) is 0.894. The fourth-order valence-electron chi connectivity index (χ4n) is 1.38. The molecule has 0 fully saturated rings. The van der Waals surface area contributed by atoms with Crippen LogP contribution < -0.4 is 14.9 Å². The van der Waals surface area contributed by atoms with Crippen LogP contribution in [0.15, 0.2) is 42.6 Å². The number of hydrogen-bond donors (Lipinski definition) is 0. The van der Waals surface area contributed by atoms with Gasteiger partial charge in [-0.1, -0.05) is 6.07 Å². The van der Waals surface area contributed by atoms with Crippen LogP contribution in [-0.2, 0) is 0 Å². The van der Waals surface area contributed by atoms with Gasteiger partial charge in [-0.3, -0.25) is 0 Å². The van der Waals surface area contributed by atoms with Crippen LogP contribution in [0.4, 0.5) is 8.78 Å². The van der Waals surface area contributed by atoms with Crippen LogP contribution in [-0.4, -0.2) is 19.4 Å². The normalized spacial score (nSPS) is 10.4. The molecule has 92 valence electrons. The Bertz CT molecular complexity index is 520. The molecular weight excluding hydrogens is 239 g/mol. The predicted octanol–water partition coefficient (Wildman–Crippen LogP) is 1.73. The minimum absolute atomic E-state index is 0.0927. The highest BCUT2D eigenvalue weighted by atomic mass is 19.3. The molecule has 18 heavy (non-hydrogen) atoms. The Hall–Kier alpha value is -2.11. The van der Waals surface area contributed by atoms with Crippen molar-refractivity contribution in [2.45, 2.75) is 6.61 Å². The topological polar surface area (TPSA) is 31.4 Å². The molecule has 0 aliphatic heterocycles. The van der Waals surface area contributed by atoms with Gasteiger partial charge in [0, 0.05) is 6.20 Å². The first-order valence-corrected chi connectivity index (χ1v) is 5.29. The van der Waals surface area contributed by atoms with Gasteiger partial charge in [-0.15, -0.1) is 0 Å². The number of hydrogen-bond acceptors (Lipinski definition) is 3. The second-order valence-electron chi connectivity index (χ2n) is 3.58. The Morgan fingerprint density at radius 2 is 1.72 bits per heavy atom. The van der Waals surface area contributed by atoms with Crippen LogP contribution in [0.1, 0.15) is 0 Å². The van der Waals surface area contributed by atoms with Crippen molar-refractivity contribution in [1.29, 1.82) is 0 Å². The molecule has 0 amide bonds. The number of aromatic nitrogens is 1. The van der Waals surface area contributed by atoms with Gasteiger partial charge in [0.25, 0.3) is 0 Å². The maximum absolute atomic E-state index is 12.0. The molecule has 0 aliphatic carbocycles. The third kappa shape index (κ3) is 3.19. The van der Waals surface area contributed by atoms with Gasteiger partial charge in [0.1, 0.15) is 19.3 Å². The van der Waals surface area contributed by atoms with Crippen LogP contribution in [0, 0.1) is 0 Å². The summed E-state index contributed by atoms with van der Waals surface area (Å²) in [4.78, 5) is 4.07. The lowest BCUT2D eigenvalue weighted by atomic mass is 9.98. The first-order chi connectivity index (χ1) is 8.65. The molecule has 0 aliphatic rings. The van der Waals surface area contributed by atoms with Crippen molar-refractivity contribution in [3.63, 3.8) is 0 Å². The van der Waals surface area contributed by atoms with E-state index in [0.29, 0.717) is 11.6 Å². The van der Waals surface area contributed by atoms with Crippen molar-refractivity contribution >= 4 is 13.3 Å². The number of alkyl halides is 2. The first kappa shape index (κ1) is 12.4. The maximum atomic E-state index is 12.0. The van der Waals surface area contributed by atoms with E-state index in [1.165, 1.54) is 12.1 Å². The molecule has 0 saturated carbocycles. The predicted molar refractivity (Wildman–Crippen MR) is 65.6 cm³/mol. The Labute approximate surface area is 104 Å². The summed E-state index contributed by atoms with van der Waals surface area (Å²) in [5, 5.41) is 0. The number of benzene rings is 1. The lowest BCUT2D eigenvalue weighted by molar-refractivity contribution is -0.0498. The van der Waals surface area contributed by atoms with E-state index >= 15 is 0 Å². The van der Waals surface area contributed by atoms with Gasteiger partial charge in [0.05, 0.1) is 0 Å². The minimum Gasteiger partial charge on any atom is -0.440 e. The van der Waals surface area contributed by atoms with Gasteiger partial charge in [-0.2, -0.15) is 8.78 Å². The van der Waals surface area contributed by atoms with Crippen LogP contribution in [0.25, 0.3) is 0 Å². The van der Waals surface area contributed by atoms with Crippen LogP contribution in [0.3, 0.4) is 0 Å². The Morgan fingerprint density at radius 3 is 2.33 bits per heavy atom. The average molecular weight is 249 g/mol. The molecule has 0 atom stereocenters. The third-order valence-electron chi connectivity index (χ3n) is 2.22. The van der Waals surface area contributed by atoms with Crippen LogP contribution in [0.5, 0.6) is 17.4 Å². The number of halogens is 2. The van der Waals surface area contributed by atoms with Crippen molar-refractivity contribution in [3.8, 4) is 17.4 Å². The standard InChI is InChI=1S/C12H10BF2NO2/c13-10-2-1-7-16-11(10)17-8-3-5-9(6-4-8)18-12(14)15/h1-7,12H,13H2. The quantitative estimate of drug-likeness (QED) is 0.773. The SMILES string of the molecule is Bc1cccnc1Oc1ccc(OC(F)F)cc1. The number of nitrogens with zero attached hydrogens (tertiary/aromatic N) is 1. The molecule has 2 rings (SSSR count). The molecule has 0 bridgehead atoms. The Balaban J connectivity index is 2.09. The highest BCUT2D eigenvalue weighted by Crippen LogP contribution is 2.22. The molecule has 0 spiro atoms. The summed E-state index contributed by atoms with van der Waals surface area (Å²) in [6, 6.07) is 9.61. The van der Waals surface area contributed by atoms with E-state index in [9.17, 15) is 8.78 Å². The summed E-state index contributed by atoms with van der Waals surface area (Å²) in [6.45, 7) is -2.82. The van der Waals surface area contributed by atoms with E-state index in [1.54, 1.807) is 18.3 Å². The van der Waals surface area contributed by atoms with E-state index in [4.69, 9.17) is 4.74 Å². The van der Waals surface area contributed by atoms with E-state index < -0.39 is 6.61 Å². The molecular formula is C12H10BF2NO2. The molecule has 2 aromatic rings. The molecule has 0 saturated heterocycles. The van der Waals surface area contributed by atoms with Crippen LogP contribution in [0.2, 0.25) is 0 Å². The molecule has 0 N–H and O–H groups in total. The van der Waals surface area contributed by atoms with Crippen molar-refractivity contribution in [2.75, 3.05) is 0 Å². The fourth-order valence-corrected chi connectivity index (χ4v) is 1.38. The van der Waals surface area contributed by atoms with Crippen molar-refractivity contribution in [2.24, 2.45) is 0 Å². The smallest absolute Gasteiger partial charge is 0.387 e. The second kappa shape index (κ2) is 5.49. The zero-order valence-corrected chi connectivity index (χ0v) is 9.64. The van der Waals surface area contributed by atoms with E-state index in [-0.39, 0.29) is 5.75 Å². The molecule has 1 aromatic carbocycles. The largest absolute Gasteiger partial charge is 0.440 e. The van der Waals surface area contributed by atoms with Crippen molar-refractivity contribution < 1.29 is 18.3 Å². The summed E-state index contributed by atoms with van der Waals surface area (Å²) in [6.07, 6.45) is 1.62. The lowest BCUT2D eigenvalue weighted by Gasteiger charge is -2.08. The Morgan fingerprint density at radius 1 is 1.06 bits per heavy atom. The van der Waals surface area contributed by atoms with Crippen LogP contribution >= 0.6 is 0 Å². The lowest BCUT2D eigenvalue weighted by Crippen LogP contribution is -2.07. The summed E-state index contributed by atoms with van der Waals surface area (Å²) in [5.74, 6) is 1.09. The molecule has 0 unspecified atom stereocenters. The zero-order chi connectivity index (χ0) is 13.0. The van der Waals surface area contributed by atoms with Gasteiger partial charge in [0.15, 0.2) is 0 Å². The van der Waals surface area contributed by atoms with Gasteiger partial charge in [-0.05, 0) is 35.8 Å². The van der Waals surface area contributed by atoms with Crippen molar-refractivity contribution in [1.82, 2.24) is 4.98 Å². The summed E-state index contributed by atoms with van der Waals surface area (Å²) in [7, 11) is 1.87. The second-order valence-corrected chi connectivity index (χ2v) is 3.58. The third-order valence-corrected chi connectivity index (χ3v) is 2.22. The Kier molecular flexibility index (Phi) is 3.77. The average Bonchev–Trinajstić information content (AvgIpc) is 2.34. The molecule has 0 radical (unpaired) electrons. The van der Waals surface area contributed by atoms with E-state index in [2.05, 4.69) is 9.72 Å². The van der Waals surface area contributed by atoms with Crippen molar-refractivity contribution in [3.05, 3.63) is 42.6 Å². The molecule has 3 nitrogen and oxygen atoms in total. The molecule has 1 aromatic heterocycles. The van der Waals surface area contributed by atoms with Gasteiger partial charge in [0.2, 0.25) is 5.88 Å². The summed E-state index contributed by atoms with van der Waals surface area (Å²) >= 11 is 0. The number of pyridine rings is 1. The number of ether oxygens (including phenoxy) is 2. The monoisotopic (exact) mass is 249 g/mol. The van der Waals surface area contributed by atoms with E-state index in [1.807, 2.05) is 20.0 Å². The van der Waals surface area contributed by atoms with Gasteiger partial charge >= 0.3 is 6.61 Å². The maximum Gasteiger partial charge on any atom is 0.387 e. The van der Waals surface area contributed by atoms with E-state index in [0.717, 1.165) is 5.46 Å².